The fourth-order valence-electron chi connectivity index (χ4n) is 1.22. The molecule has 1 rings (SSSR count). The van der Waals surface area contributed by atoms with E-state index >= 15 is 0 Å². The summed E-state index contributed by atoms with van der Waals surface area (Å²) in [6, 6.07) is 8.56. The highest BCUT2D eigenvalue weighted by Gasteiger charge is 2.04. The van der Waals surface area contributed by atoms with Crippen LogP contribution < -0.4 is 0 Å². The first kappa shape index (κ1) is 10.5. The lowest BCUT2D eigenvalue weighted by molar-refractivity contribution is 1.13. The van der Waals surface area contributed by atoms with E-state index in [2.05, 4.69) is 60.6 Å². The van der Waals surface area contributed by atoms with Crippen molar-refractivity contribution in [2.24, 2.45) is 0 Å². The van der Waals surface area contributed by atoms with Crippen LogP contribution in [-0.4, -0.2) is 4.83 Å². The predicted molar refractivity (Wildman–Crippen MR) is 63.2 cm³/mol. The molecular formula is C12H15Br. The zero-order chi connectivity index (χ0) is 9.84. The smallest absolute Gasteiger partial charge is 0.0367 e. The van der Waals surface area contributed by atoms with E-state index in [1.54, 1.807) is 0 Å². The van der Waals surface area contributed by atoms with Gasteiger partial charge in [0, 0.05) is 4.83 Å². The number of alkyl halides is 1. The Balaban J connectivity index is 2.95. The first-order valence-electron chi connectivity index (χ1n) is 4.57. The average Bonchev–Trinajstić information content (AvgIpc) is 2.16. The normalized spacial score (nSPS) is 12.5. The third-order valence-electron chi connectivity index (χ3n) is 2.19. The molecule has 1 aromatic carbocycles. The van der Waals surface area contributed by atoms with Crippen molar-refractivity contribution < 1.29 is 0 Å². The van der Waals surface area contributed by atoms with Gasteiger partial charge in [0.1, 0.15) is 0 Å². The molecule has 0 aromatic heterocycles. The van der Waals surface area contributed by atoms with E-state index in [1.165, 1.54) is 11.1 Å². The van der Waals surface area contributed by atoms with Crippen molar-refractivity contribution in [1.29, 1.82) is 0 Å². The Bertz CT molecular complexity index is 300. The minimum atomic E-state index is 0.347. The van der Waals surface area contributed by atoms with Crippen molar-refractivity contribution in [2.45, 2.75) is 25.1 Å². The van der Waals surface area contributed by atoms with E-state index in [0.29, 0.717) is 4.83 Å². The maximum atomic E-state index is 4.05. The highest BCUT2D eigenvalue weighted by Crippen LogP contribution is 2.22. The molecule has 1 atom stereocenters. The Hall–Kier alpha value is -0.560. The van der Waals surface area contributed by atoms with Gasteiger partial charge in [0.25, 0.3) is 0 Å². The third-order valence-corrected chi connectivity index (χ3v) is 2.74. The minimum Gasteiger partial charge on any atom is -0.0941 e. The second-order valence-corrected chi connectivity index (χ2v) is 4.57. The second kappa shape index (κ2) is 4.61. The standard InChI is InChI=1S/C12H15Br/c1-4-11-6-5-7-12(8-11)9(2)10(3)13/h5-8,10H,2,4H2,1,3H3. The Morgan fingerprint density at radius 3 is 2.77 bits per heavy atom. The van der Waals surface area contributed by atoms with E-state index in [4.69, 9.17) is 0 Å². The molecule has 0 saturated carbocycles. The SMILES string of the molecule is C=C(c1cccc(CC)c1)C(C)Br. The molecule has 0 bridgehead atoms. The molecule has 1 heteroatoms. The van der Waals surface area contributed by atoms with Crippen LogP contribution in [-0.2, 0) is 6.42 Å². The quantitative estimate of drug-likeness (QED) is 0.698. The van der Waals surface area contributed by atoms with Gasteiger partial charge in [0.2, 0.25) is 0 Å². The molecule has 70 valence electrons. The Kier molecular flexibility index (Phi) is 3.73. The molecule has 0 saturated heterocycles. The lowest BCUT2D eigenvalue weighted by atomic mass is 10.0. The van der Waals surface area contributed by atoms with Gasteiger partial charge in [-0.2, -0.15) is 0 Å². The van der Waals surface area contributed by atoms with E-state index in [0.717, 1.165) is 12.0 Å². The van der Waals surface area contributed by atoms with Gasteiger partial charge < -0.3 is 0 Å². The maximum Gasteiger partial charge on any atom is 0.0367 e. The van der Waals surface area contributed by atoms with Crippen LogP contribution in [0.5, 0.6) is 0 Å². The number of halogens is 1. The topological polar surface area (TPSA) is 0 Å². The van der Waals surface area contributed by atoms with Crippen LogP contribution in [0.2, 0.25) is 0 Å². The molecule has 0 N–H and O–H groups in total. The summed E-state index contributed by atoms with van der Waals surface area (Å²) in [6.45, 7) is 8.32. The molecule has 0 amide bonds. The number of benzene rings is 1. The zero-order valence-electron chi connectivity index (χ0n) is 8.18. The predicted octanol–water partition coefficient (Wildman–Crippen LogP) is 4.05. The van der Waals surface area contributed by atoms with E-state index in [-0.39, 0.29) is 0 Å². The number of hydrogen-bond acceptors (Lipinski definition) is 0. The van der Waals surface area contributed by atoms with Gasteiger partial charge in [0.15, 0.2) is 0 Å². The van der Waals surface area contributed by atoms with Crippen molar-refractivity contribution in [3.05, 3.63) is 42.0 Å². The first-order chi connectivity index (χ1) is 6.15. The third kappa shape index (κ3) is 2.70. The molecule has 13 heavy (non-hydrogen) atoms. The second-order valence-electron chi connectivity index (χ2n) is 3.20. The summed E-state index contributed by atoms with van der Waals surface area (Å²) in [4.78, 5) is 0.347. The van der Waals surface area contributed by atoms with Gasteiger partial charge in [-0.15, -0.1) is 0 Å². The number of hydrogen-bond donors (Lipinski definition) is 0. The molecule has 0 aliphatic rings. The molecule has 0 heterocycles. The first-order valence-corrected chi connectivity index (χ1v) is 5.49. The van der Waals surface area contributed by atoms with Crippen LogP contribution in [0, 0.1) is 0 Å². The van der Waals surface area contributed by atoms with Crippen LogP contribution in [0.25, 0.3) is 5.57 Å². The zero-order valence-corrected chi connectivity index (χ0v) is 9.76. The molecule has 0 radical (unpaired) electrons. The summed E-state index contributed by atoms with van der Waals surface area (Å²) in [6.07, 6.45) is 1.08. The van der Waals surface area contributed by atoms with Crippen LogP contribution in [0.1, 0.15) is 25.0 Å². The van der Waals surface area contributed by atoms with Crippen molar-refractivity contribution in [3.63, 3.8) is 0 Å². The van der Waals surface area contributed by atoms with Gasteiger partial charge in [0.05, 0.1) is 0 Å². The lowest BCUT2D eigenvalue weighted by Gasteiger charge is -2.09. The van der Waals surface area contributed by atoms with Gasteiger partial charge in [-0.05, 0) is 30.0 Å². The van der Waals surface area contributed by atoms with Gasteiger partial charge in [-0.1, -0.05) is 53.7 Å². The van der Waals surface area contributed by atoms with Crippen molar-refractivity contribution in [3.8, 4) is 0 Å². The van der Waals surface area contributed by atoms with Crippen LogP contribution in [0.15, 0.2) is 30.8 Å². The van der Waals surface area contributed by atoms with Gasteiger partial charge in [-0.25, -0.2) is 0 Å². The average molecular weight is 239 g/mol. The number of rotatable bonds is 3. The van der Waals surface area contributed by atoms with Crippen molar-refractivity contribution in [2.75, 3.05) is 0 Å². The lowest BCUT2D eigenvalue weighted by Crippen LogP contribution is -1.94. The molecule has 1 unspecified atom stereocenters. The summed E-state index contributed by atoms with van der Waals surface area (Å²) in [5.41, 5.74) is 3.76. The summed E-state index contributed by atoms with van der Waals surface area (Å²) in [5.74, 6) is 0. The van der Waals surface area contributed by atoms with E-state index < -0.39 is 0 Å². The summed E-state index contributed by atoms with van der Waals surface area (Å²) in [7, 11) is 0. The molecule has 0 nitrogen and oxygen atoms in total. The highest BCUT2D eigenvalue weighted by molar-refractivity contribution is 9.09. The molecular weight excluding hydrogens is 224 g/mol. The largest absolute Gasteiger partial charge is 0.0941 e. The van der Waals surface area contributed by atoms with Crippen molar-refractivity contribution >= 4 is 21.5 Å². The number of aryl methyl sites for hydroxylation is 1. The molecule has 0 aliphatic carbocycles. The summed E-state index contributed by atoms with van der Waals surface area (Å²) in [5, 5.41) is 0. The van der Waals surface area contributed by atoms with Crippen LogP contribution >= 0.6 is 15.9 Å². The highest BCUT2D eigenvalue weighted by atomic mass is 79.9. The Morgan fingerprint density at radius 2 is 2.23 bits per heavy atom. The molecule has 1 aromatic rings. The van der Waals surface area contributed by atoms with Crippen LogP contribution in [0.4, 0.5) is 0 Å². The monoisotopic (exact) mass is 238 g/mol. The summed E-state index contributed by atoms with van der Waals surface area (Å²) >= 11 is 3.52. The molecule has 0 spiro atoms. The Labute approximate surface area is 88.8 Å². The minimum absolute atomic E-state index is 0.347. The Morgan fingerprint density at radius 1 is 1.54 bits per heavy atom. The fourth-order valence-corrected chi connectivity index (χ4v) is 1.48. The maximum absolute atomic E-state index is 4.05. The fraction of sp³-hybridized carbons (Fsp3) is 0.333. The number of allylic oxidation sites excluding steroid dienone is 1. The van der Waals surface area contributed by atoms with E-state index in [1.807, 2.05) is 0 Å². The van der Waals surface area contributed by atoms with Crippen LogP contribution in [0.3, 0.4) is 0 Å². The van der Waals surface area contributed by atoms with Gasteiger partial charge >= 0.3 is 0 Å². The molecule has 0 aliphatic heterocycles. The molecule has 0 fully saturated rings. The summed E-state index contributed by atoms with van der Waals surface area (Å²) < 4.78 is 0. The van der Waals surface area contributed by atoms with Gasteiger partial charge in [-0.3, -0.25) is 0 Å². The van der Waals surface area contributed by atoms with Crippen molar-refractivity contribution in [1.82, 2.24) is 0 Å². The van der Waals surface area contributed by atoms with E-state index in [9.17, 15) is 0 Å².